The SMILES string of the molecule is CCC1CC(NCC2CCCCC2C(=O)O)CCO1. The zero-order valence-corrected chi connectivity index (χ0v) is 11.9. The summed E-state index contributed by atoms with van der Waals surface area (Å²) in [5.74, 6) is -0.429. The van der Waals surface area contributed by atoms with Crippen molar-refractivity contribution in [1.29, 1.82) is 0 Å². The van der Waals surface area contributed by atoms with Gasteiger partial charge in [0.05, 0.1) is 12.0 Å². The molecule has 1 saturated heterocycles. The smallest absolute Gasteiger partial charge is 0.306 e. The third-order valence-electron chi connectivity index (χ3n) is 4.72. The molecule has 4 heteroatoms. The van der Waals surface area contributed by atoms with Crippen molar-refractivity contribution in [2.24, 2.45) is 11.8 Å². The molecule has 0 aromatic heterocycles. The predicted octanol–water partition coefficient (Wildman–Crippen LogP) is 2.42. The van der Waals surface area contributed by atoms with Crippen LogP contribution in [0.3, 0.4) is 0 Å². The van der Waals surface area contributed by atoms with Gasteiger partial charge in [0.25, 0.3) is 0 Å². The summed E-state index contributed by atoms with van der Waals surface area (Å²) < 4.78 is 5.67. The van der Waals surface area contributed by atoms with E-state index in [1.54, 1.807) is 0 Å². The Hall–Kier alpha value is -0.610. The zero-order valence-electron chi connectivity index (χ0n) is 11.9. The lowest BCUT2D eigenvalue weighted by atomic mass is 9.79. The molecule has 1 heterocycles. The Labute approximate surface area is 115 Å². The van der Waals surface area contributed by atoms with Gasteiger partial charge < -0.3 is 15.2 Å². The largest absolute Gasteiger partial charge is 0.481 e. The highest BCUT2D eigenvalue weighted by Gasteiger charge is 2.31. The van der Waals surface area contributed by atoms with Crippen LogP contribution in [0, 0.1) is 11.8 Å². The molecule has 0 aromatic rings. The Morgan fingerprint density at radius 2 is 2.11 bits per heavy atom. The number of ether oxygens (including phenoxy) is 1. The lowest BCUT2D eigenvalue weighted by Crippen LogP contribution is -2.43. The van der Waals surface area contributed by atoms with Crippen LogP contribution in [0.4, 0.5) is 0 Å². The van der Waals surface area contributed by atoms with Gasteiger partial charge in [0, 0.05) is 12.6 Å². The van der Waals surface area contributed by atoms with Crippen molar-refractivity contribution in [2.75, 3.05) is 13.2 Å². The summed E-state index contributed by atoms with van der Waals surface area (Å²) in [5.41, 5.74) is 0. The first kappa shape index (κ1) is 14.8. The minimum Gasteiger partial charge on any atom is -0.481 e. The molecule has 2 rings (SSSR count). The summed E-state index contributed by atoms with van der Waals surface area (Å²) in [6.07, 6.45) is 7.75. The fourth-order valence-electron chi connectivity index (χ4n) is 3.45. The van der Waals surface area contributed by atoms with Crippen molar-refractivity contribution in [3.63, 3.8) is 0 Å². The van der Waals surface area contributed by atoms with E-state index in [4.69, 9.17) is 4.74 Å². The van der Waals surface area contributed by atoms with Gasteiger partial charge in [0.1, 0.15) is 0 Å². The van der Waals surface area contributed by atoms with Gasteiger partial charge in [-0.05, 0) is 44.6 Å². The Balaban J connectivity index is 1.78. The summed E-state index contributed by atoms with van der Waals surface area (Å²) >= 11 is 0. The molecule has 0 radical (unpaired) electrons. The van der Waals surface area contributed by atoms with Crippen LogP contribution in [0.25, 0.3) is 0 Å². The van der Waals surface area contributed by atoms with Crippen LogP contribution in [0.5, 0.6) is 0 Å². The molecule has 2 fully saturated rings. The second kappa shape index (κ2) is 7.25. The van der Waals surface area contributed by atoms with E-state index in [-0.39, 0.29) is 5.92 Å². The van der Waals surface area contributed by atoms with E-state index in [2.05, 4.69) is 12.2 Å². The Kier molecular flexibility index (Phi) is 5.64. The number of hydrogen-bond donors (Lipinski definition) is 2. The van der Waals surface area contributed by atoms with Gasteiger partial charge in [-0.1, -0.05) is 19.8 Å². The minimum absolute atomic E-state index is 0.136. The van der Waals surface area contributed by atoms with E-state index in [1.807, 2.05) is 0 Å². The van der Waals surface area contributed by atoms with Crippen molar-refractivity contribution >= 4 is 5.97 Å². The first-order valence-electron chi connectivity index (χ1n) is 7.78. The van der Waals surface area contributed by atoms with Gasteiger partial charge in [-0.2, -0.15) is 0 Å². The number of nitrogens with one attached hydrogen (secondary N) is 1. The maximum absolute atomic E-state index is 11.3. The monoisotopic (exact) mass is 269 g/mol. The van der Waals surface area contributed by atoms with Gasteiger partial charge in [-0.15, -0.1) is 0 Å². The molecule has 2 aliphatic rings. The van der Waals surface area contributed by atoms with Crippen LogP contribution >= 0.6 is 0 Å². The van der Waals surface area contributed by atoms with Crippen LogP contribution in [0.2, 0.25) is 0 Å². The van der Waals surface area contributed by atoms with Crippen LogP contribution in [0.1, 0.15) is 51.9 Å². The molecule has 4 atom stereocenters. The van der Waals surface area contributed by atoms with Crippen molar-refractivity contribution < 1.29 is 14.6 Å². The van der Waals surface area contributed by atoms with E-state index in [9.17, 15) is 9.90 Å². The molecule has 1 aliphatic heterocycles. The fraction of sp³-hybridized carbons (Fsp3) is 0.933. The molecule has 110 valence electrons. The fourth-order valence-corrected chi connectivity index (χ4v) is 3.45. The second-order valence-corrected chi connectivity index (χ2v) is 6.02. The lowest BCUT2D eigenvalue weighted by molar-refractivity contribution is -0.144. The van der Waals surface area contributed by atoms with Crippen LogP contribution < -0.4 is 5.32 Å². The average Bonchev–Trinajstić information content (AvgIpc) is 2.45. The number of carboxylic acid groups (broad SMARTS) is 1. The van der Waals surface area contributed by atoms with Crippen molar-refractivity contribution in [3.05, 3.63) is 0 Å². The highest BCUT2D eigenvalue weighted by Crippen LogP contribution is 2.30. The maximum atomic E-state index is 11.3. The third kappa shape index (κ3) is 4.18. The molecular weight excluding hydrogens is 242 g/mol. The molecule has 19 heavy (non-hydrogen) atoms. The van der Waals surface area contributed by atoms with Crippen molar-refractivity contribution in [1.82, 2.24) is 5.32 Å². The molecule has 0 amide bonds. The number of carboxylic acids is 1. The van der Waals surface area contributed by atoms with E-state index >= 15 is 0 Å². The van der Waals surface area contributed by atoms with Crippen molar-refractivity contribution in [3.8, 4) is 0 Å². The van der Waals surface area contributed by atoms with Gasteiger partial charge in [-0.25, -0.2) is 0 Å². The van der Waals surface area contributed by atoms with E-state index in [1.165, 1.54) is 6.42 Å². The summed E-state index contributed by atoms with van der Waals surface area (Å²) in [5, 5.41) is 12.9. The quantitative estimate of drug-likeness (QED) is 0.805. The third-order valence-corrected chi connectivity index (χ3v) is 4.72. The van der Waals surface area contributed by atoms with Crippen molar-refractivity contribution in [2.45, 2.75) is 64.0 Å². The lowest BCUT2D eigenvalue weighted by Gasteiger charge is -2.33. The minimum atomic E-state index is -0.607. The molecular formula is C15H27NO3. The van der Waals surface area contributed by atoms with E-state index in [0.717, 1.165) is 51.7 Å². The molecule has 0 aromatic carbocycles. The normalized spacial score (nSPS) is 36.1. The van der Waals surface area contributed by atoms with Crippen LogP contribution in [0.15, 0.2) is 0 Å². The summed E-state index contributed by atoms with van der Waals surface area (Å²) in [7, 11) is 0. The Morgan fingerprint density at radius 3 is 2.84 bits per heavy atom. The summed E-state index contributed by atoms with van der Waals surface area (Å²) in [4.78, 5) is 11.3. The average molecular weight is 269 g/mol. The number of hydrogen-bond acceptors (Lipinski definition) is 3. The molecule has 4 unspecified atom stereocenters. The maximum Gasteiger partial charge on any atom is 0.306 e. The first-order valence-corrected chi connectivity index (χ1v) is 7.78. The molecule has 1 aliphatic carbocycles. The number of carbonyl (C=O) groups is 1. The van der Waals surface area contributed by atoms with Gasteiger partial charge in [-0.3, -0.25) is 4.79 Å². The topological polar surface area (TPSA) is 58.6 Å². The second-order valence-electron chi connectivity index (χ2n) is 6.02. The zero-order chi connectivity index (χ0) is 13.7. The van der Waals surface area contributed by atoms with Crippen LogP contribution in [-0.2, 0) is 9.53 Å². The summed E-state index contributed by atoms with van der Waals surface area (Å²) in [6.45, 7) is 3.86. The predicted molar refractivity (Wildman–Crippen MR) is 74.1 cm³/mol. The molecule has 1 saturated carbocycles. The van der Waals surface area contributed by atoms with E-state index in [0.29, 0.717) is 18.1 Å². The van der Waals surface area contributed by atoms with E-state index < -0.39 is 5.97 Å². The van der Waals surface area contributed by atoms with Gasteiger partial charge in [0.2, 0.25) is 0 Å². The molecule has 2 N–H and O–H groups in total. The number of rotatable bonds is 5. The van der Waals surface area contributed by atoms with Gasteiger partial charge >= 0.3 is 5.97 Å². The Bertz CT molecular complexity index is 295. The first-order chi connectivity index (χ1) is 9.20. The van der Waals surface area contributed by atoms with Crippen LogP contribution in [-0.4, -0.2) is 36.4 Å². The highest BCUT2D eigenvalue weighted by molar-refractivity contribution is 5.70. The molecule has 4 nitrogen and oxygen atoms in total. The van der Waals surface area contributed by atoms with Gasteiger partial charge in [0.15, 0.2) is 0 Å². The molecule has 0 spiro atoms. The standard InChI is InChI=1S/C15H27NO3/c1-2-13-9-12(7-8-19-13)16-10-11-5-3-4-6-14(11)15(17)18/h11-14,16H,2-10H2,1H3,(H,17,18). The highest BCUT2D eigenvalue weighted by atomic mass is 16.5. The summed E-state index contributed by atoms with van der Waals surface area (Å²) in [6, 6.07) is 0.509. The Morgan fingerprint density at radius 1 is 1.32 bits per heavy atom. The molecule has 0 bridgehead atoms. The number of aliphatic carboxylic acids is 1.